The molecule has 16 heavy (non-hydrogen) atoms. The van der Waals surface area contributed by atoms with Crippen LogP contribution in [-0.2, 0) is 0 Å². The number of alkyl halides is 1. The molecule has 90 valence electrons. The zero-order valence-electron chi connectivity index (χ0n) is 10.6. The van der Waals surface area contributed by atoms with Crippen molar-refractivity contribution < 1.29 is 4.74 Å². The first-order valence-corrected chi connectivity index (χ1v) is 6.32. The van der Waals surface area contributed by atoms with Crippen LogP contribution in [-0.4, -0.2) is 13.0 Å². The smallest absolute Gasteiger partial charge is 0.122 e. The van der Waals surface area contributed by atoms with E-state index in [9.17, 15) is 0 Å². The van der Waals surface area contributed by atoms with Gasteiger partial charge >= 0.3 is 0 Å². The van der Waals surface area contributed by atoms with Gasteiger partial charge in [0.1, 0.15) is 5.75 Å². The summed E-state index contributed by atoms with van der Waals surface area (Å²) < 4.78 is 5.41. The van der Waals surface area contributed by atoms with Crippen LogP contribution in [0.5, 0.6) is 5.75 Å². The van der Waals surface area contributed by atoms with Gasteiger partial charge in [-0.05, 0) is 30.9 Å². The standard InChI is InChI=1S/C14H21ClO/c1-10(2)7-12(9-15)13-8-11(3)5-6-14(13)16-4/h5-6,8,10,12H,7,9H2,1-4H3. The lowest BCUT2D eigenvalue weighted by atomic mass is 9.90. The number of hydrogen-bond acceptors (Lipinski definition) is 1. The van der Waals surface area contributed by atoms with Crippen LogP contribution in [0.4, 0.5) is 0 Å². The molecule has 0 heterocycles. The number of benzene rings is 1. The molecule has 0 aliphatic carbocycles. The Morgan fingerprint density at radius 1 is 1.31 bits per heavy atom. The summed E-state index contributed by atoms with van der Waals surface area (Å²) in [7, 11) is 1.72. The van der Waals surface area contributed by atoms with Gasteiger partial charge in [0, 0.05) is 11.8 Å². The second kappa shape index (κ2) is 6.15. The van der Waals surface area contributed by atoms with E-state index in [-0.39, 0.29) is 0 Å². The number of ether oxygens (including phenoxy) is 1. The SMILES string of the molecule is COc1ccc(C)cc1C(CCl)CC(C)C. The minimum atomic E-state index is 0.386. The lowest BCUT2D eigenvalue weighted by Gasteiger charge is -2.20. The summed E-state index contributed by atoms with van der Waals surface area (Å²) in [6, 6.07) is 6.29. The van der Waals surface area contributed by atoms with Crippen molar-refractivity contribution in [3.05, 3.63) is 29.3 Å². The van der Waals surface area contributed by atoms with E-state index in [1.807, 2.05) is 6.07 Å². The quantitative estimate of drug-likeness (QED) is 0.695. The van der Waals surface area contributed by atoms with Crippen molar-refractivity contribution in [3.8, 4) is 5.75 Å². The number of aryl methyl sites for hydroxylation is 1. The van der Waals surface area contributed by atoms with E-state index in [2.05, 4.69) is 32.9 Å². The molecule has 0 aliphatic heterocycles. The van der Waals surface area contributed by atoms with Crippen LogP contribution in [0.3, 0.4) is 0 Å². The fourth-order valence-corrected chi connectivity index (χ4v) is 2.31. The van der Waals surface area contributed by atoms with Gasteiger partial charge in [-0.2, -0.15) is 0 Å². The second-order valence-electron chi connectivity index (χ2n) is 4.73. The minimum Gasteiger partial charge on any atom is -0.496 e. The summed E-state index contributed by atoms with van der Waals surface area (Å²) in [5.41, 5.74) is 2.50. The first-order valence-electron chi connectivity index (χ1n) is 5.79. The number of methoxy groups -OCH3 is 1. The van der Waals surface area contributed by atoms with Crippen LogP contribution in [0.25, 0.3) is 0 Å². The van der Waals surface area contributed by atoms with Crippen LogP contribution in [0.1, 0.15) is 37.3 Å². The molecule has 1 aromatic carbocycles. The molecular weight excluding hydrogens is 220 g/mol. The molecule has 0 amide bonds. The molecule has 0 aromatic heterocycles. The highest BCUT2D eigenvalue weighted by Gasteiger charge is 2.16. The van der Waals surface area contributed by atoms with Crippen molar-refractivity contribution in [2.24, 2.45) is 5.92 Å². The normalized spacial score (nSPS) is 12.9. The van der Waals surface area contributed by atoms with Crippen molar-refractivity contribution in [3.63, 3.8) is 0 Å². The molecule has 0 aliphatic rings. The van der Waals surface area contributed by atoms with Gasteiger partial charge in [0.2, 0.25) is 0 Å². The third kappa shape index (κ3) is 3.41. The highest BCUT2D eigenvalue weighted by Crippen LogP contribution is 2.32. The lowest BCUT2D eigenvalue weighted by Crippen LogP contribution is -2.07. The Bertz CT molecular complexity index is 334. The van der Waals surface area contributed by atoms with Gasteiger partial charge in [-0.1, -0.05) is 31.5 Å². The average molecular weight is 241 g/mol. The molecule has 1 aromatic rings. The molecule has 1 rings (SSSR count). The Morgan fingerprint density at radius 3 is 2.50 bits per heavy atom. The molecule has 0 saturated carbocycles. The maximum atomic E-state index is 6.07. The fraction of sp³-hybridized carbons (Fsp3) is 0.571. The molecular formula is C14H21ClO. The van der Waals surface area contributed by atoms with Crippen molar-refractivity contribution >= 4 is 11.6 Å². The molecule has 1 nitrogen and oxygen atoms in total. The molecule has 0 N–H and O–H groups in total. The number of rotatable bonds is 5. The summed E-state index contributed by atoms with van der Waals surface area (Å²) >= 11 is 6.07. The second-order valence-corrected chi connectivity index (χ2v) is 5.03. The Hall–Kier alpha value is -0.690. The number of hydrogen-bond donors (Lipinski definition) is 0. The Morgan fingerprint density at radius 2 is 2.00 bits per heavy atom. The number of halogens is 1. The van der Waals surface area contributed by atoms with E-state index in [0.717, 1.165) is 12.2 Å². The highest BCUT2D eigenvalue weighted by molar-refractivity contribution is 6.18. The third-order valence-electron chi connectivity index (χ3n) is 2.77. The summed E-state index contributed by atoms with van der Waals surface area (Å²) in [5, 5.41) is 0. The first kappa shape index (κ1) is 13.4. The molecule has 0 fully saturated rings. The van der Waals surface area contributed by atoms with E-state index in [0.29, 0.717) is 17.7 Å². The van der Waals surface area contributed by atoms with Gasteiger partial charge in [0.25, 0.3) is 0 Å². The predicted molar refractivity (Wildman–Crippen MR) is 70.6 cm³/mol. The van der Waals surface area contributed by atoms with Crippen LogP contribution in [0.2, 0.25) is 0 Å². The van der Waals surface area contributed by atoms with E-state index in [1.165, 1.54) is 11.1 Å². The molecule has 2 heteroatoms. The van der Waals surface area contributed by atoms with Crippen LogP contribution in [0.15, 0.2) is 18.2 Å². The third-order valence-corrected chi connectivity index (χ3v) is 3.14. The zero-order valence-corrected chi connectivity index (χ0v) is 11.3. The van der Waals surface area contributed by atoms with Crippen molar-refractivity contribution in [2.75, 3.05) is 13.0 Å². The zero-order chi connectivity index (χ0) is 12.1. The van der Waals surface area contributed by atoms with E-state index < -0.39 is 0 Å². The predicted octanol–water partition coefficient (Wildman–Crippen LogP) is 4.37. The van der Waals surface area contributed by atoms with Crippen LogP contribution in [0, 0.1) is 12.8 Å². The van der Waals surface area contributed by atoms with E-state index >= 15 is 0 Å². The minimum absolute atomic E-state index is 0.386. The Kier molecular flexibility index (Phi) is 5.14. The topological polar surface area (TPSA) is 9.23 Å². The van der Waals surface area contributed by atoms with Crippen LogP contribution < -0.4 is 4.74 Å². The van der Waals surface area contributed by atoms with E-state index in [4.69, 9.17) is 16.3 Å². The Labute approximate surface area is 104 Å². The van der Waals surface area contributed by atoms with Crippen molar-refractivity contribution in [1.82, 2.24) is 0 Å². The molecule has 0 spiro atoms. The molecule has 0 bridgehead atoms. The molecule has 1 unspecified atom stereocenters. The summed E-state index contributed by atoms with van der Waals surface area (Å²) in [6.45, 7) is 6.55. The van der Waals surface area contributed by atoms with Gasteiger partial charge in [-0.15, -0.1) is 11.6 Å². The summed E-state index contributed by atoms with van der Waals surface area (Å²) in [5.74, 6) is 2.64. The van der Waals surface area contributed by atoms with Crippen molar-refractivity contribution in [2.45, 2.75) is 33.1 Å². The van der Waals surface area contributed by atoms with Crippen LogP contribution >= 0.6 is 11.6 Å². The molecule has 0 radical (unpaired) electrons. The van der Waals surface area contributed by atoms with Gasteiger partial charge in [-0.25, -0.2) is 0 Å². The van der Waals surface area contributed by atoms with Gasteiger partial charge in [0.15, 0.2) is 0 Å². The largest absolute Gasteiger partial charge is 0.496 e. The van der Waals surface area contributed by atoms with E-state index in [1.54, 1.807) is 7.11 Å². The fourth-order valence-electron chi connectivity index (χ4n) is 2.01. The maximum Gasteiger partial charge on any atom is 0.122 e. The van der Waals surface area contributed by atoms with Crippen molar-refractivity contribution in [1.29, 1.82) is 0 Å². The lowest BCUT2D eigenvalue weighted by molar-refractivity contribution is 0.401. The first-order chi connectivity index (χ1) is 7.58. The summed E-state index contributed by atoms with van der Waals surface area (Å²) in [6.07, 6.45) is 1.10. The summed E-state index contributed by atoms with van der Waals surface area (Å²) in [4.78, 5) is 0. The average Bonchev–Trinajstić information content (AvgIpc) is 2.25. The van der Waals surface area contributed by atoms with Gasteiger partial charge in [0.05, 0.1) is 7.11 Å². The maximum absolute atomic E-state index is 6.07. The molecule has 1 atom stereocenters. The van der Waals surface area contributed by atoms with Gasteiger partial charge in [-0.3, -0.25) is 0 Å². The molecule has 0 saturated heterocycles. The Balaban J connectivity index is 3.02. The van der Waals surface area contributed by atoms with Gasteiger partial charge < -0.3 is 4.74 Å². The highest BCUT2D eigenvalue weighted by atomic mass is 35.5. The monoisotopic (exact) mass is 240 g/mol.